The molecular weight excluding hydrogens is 621 g/mol. The molecule has 2 N–H and O–H groups in total. The van der Waals surface area contributed by atoms with E-state index in [0.717, 1.165) is 27.8 Å². The molecule has 0 bridgehead atoms. The minimum atomic E-state index is -0.721. The number of amides is 3. The Morgan fingerprint density at radius 2 is 1.79 bits per heavy atom. The molecule has 4 aliphatic rings. The summed E-state index contributed by atoms with van der Waals surface area (Å²) in [6.07, 6.45) is 0.204. The maximum Gasteiger partial charge on any atom is 0.494 e. The third kappa shape index (κ3) is 5.81. The molecule has 2 aromatic carbocycles. The molecule has 252 valence electrons. The van der Waals surface area contributed by atoms with Crippen LogP contribution in [0.1, 0.15) is 57.1 Å². The van der Waals surface area contributed by atoms with Gasteiger partial charge in [-0.25, -0.2) is 14.6 Å². The van der Waals surface area contributed by atoms with E-state index in [2.05, 4.69) is 20.0 Å². The monoisotopic (exact) mass is 659 g/mol. The smallest absolute Gasteiger partial charge is 0.454 e. The van der Waals surface area contributed by atoms with Crippen LogP contribution in [0.3, 0.4) is 0 Å². The Bertz CT molecular complexity index is 1730. The van der Waals surface area contributed by atoms with Gasteiger partial charge in [0.1, 0.15) is 18.5 Å². The highest BCUT2D eigenvalue weighted by atomic mass is 16.7. The number of aromatic amines is 1. The van der Waals surface area contributed by atoms with Gasteiger partial charge in [0.05, 0.1) is 49.3 Å². The fraction of sp³-hybridized carbons (Fsp3) is 0.455. The highest BCUT2D eigenvalue weighted by Crippen LogP contribution is 2.42. The molecule has 0 radical (unpaired) electrons. The minimum absolute atomic E-state index is 0.129. The number of hydrogen-bond donors (Lipinski definition) is 2. The maximum absolute atomic E-state index is 13.3. The first-order valence-corrected chi connectivity index (χ1v) is 15.9. The van der Waals surface area contributed by atoms with Crippen molar-refractivity contribution in [2.24, 2.45) is 0 Å². The van der Waals surface area contributed by atoms with Gasteiger partial charge in [-0.15, -0.1) is 0 Å². The molecule has 1 aromatic heterocycles. The van der Waals surface area contributed by atoms with E-state index in [9.17, 15) is 14.4 Å². The Kier molecular flexibility index (Phi) is 7.99. The van der Waals surface area contributed by atoms with Gasteiger partial charge in [-0.1, -0.05) is 30.3 Å². The molecule has 0 unspecified atom stereocenters. The van der Waals surface area contributed by atoms with E-state index in [-0.39, 0.29) is 25.8 Å². The third-order valence-electron chi connectivity index (χ3n) is 9.79. The molecule has 0 saturated carbocycles. The first-order chi connectivity index (χ1) is 22.9. The average molecular weight is 660 g/mol. The van der Waals surface area contributed by atoms with Crippen LogP contribution in [0.15, 0.2) is 42.6 Å². The van der Waals surface area contributed by atoms with E-state index in [1.54, 1.807) is 16.0 Å². The van der Waals surface area contributed by atoms with Crippen molar-refractivity contribution in [3.63, 3.8) is 0 Å². The largest absolute Gasteiger partial charge is 0.494 e. The van der Waals surface area contributed by atoms with E-state index in [1.807, 2.05) is 64.1 Å². The highest BCUT2D eigenvalue weighted by molar-refractivity contribution is 6.62. The summed E-state index contributed by atoms with van der Waals surface area (Å²) in [5.41, 5.74) is 3.53. The zero-order chi connectivity index (χ0) is 33.8. The number of aromatic nitrogens is 2. The Morgan fingerprint density at radius 1 is 1.04 bits per heavy atom. The quantitative estimate of drug-likeness (QED) is 0.377. The Balaban J connectivity index is 1.05. The first-order valence-electron chi connectivity index (χ1n) is 15.9. The molecule has 0 aliphatic carbocycles. The molecule has 5 heterocycles. The van der Waals surface area contributed by atoms with Crippen LogP contribution in [0.4, 0.5) is 9.59 Å². The van der Waals surface area contributed by atoms with Gasteiger partial charge >= 0.3 is 19.3 Å². The Hall–Kier alpha value is -4.76. The number of carbonyl (C=O) groups excluding carboxylic acids is 3. The van der Waals surface area contributed by atoms with Gasteiger partial charge in [-0.05, 0) is 50.4 Å². The summed E-state index contributed by atoms with van der Waals surface area (Å²) in [5, 5.41) is 2.44. The van der Waals surface area contributed by atoms with E-state index >= 15 is 0 Å². The van der Waals surface area contributed by atoms with E-state index < -0.39 is 42.7 Å². The molecule has 15 heteroatoms. The lowest BCUT2D eigenvalue weighted by Crippen LogP contribution is -2.41. The van der Waals surface area contributed by atoms with Crippen LogP contribution in [-0.2, 0) is 36.7 Å². The van der Waals surface area contributed by atoms with Crippen molar-refractivity contribution in [3.8, 4) is 22.8 Å². The molecule has 14 nitrogen and oxygen atoms in total. The number of hydrogen-bond acceptors (Lipinski definition) is 10. The number of ether oxygens (including phenoxy) is 4. The number of likely N-dealkylation sites (tertiary alicyclic amines) is 1. The molecule has 0 spiro atoms. The summed E-state index contributed by atoms with van der Waals surface area (Å²) in [7, 11) is 0.750. The number of fused-ring (bicyclic) bond motifs is 3. The lowest BCUT2D eigenvalue weighted by Gasteiger charge is -2.32. The number of methoxy groups -OCH3 is 1. The molecule has 7 rings (SSSR count). The second kappa shape index (κ2) is 12.0. The fourth-order valence-electron chi connectivity index (χ4n) is 6.38. The van der Waals surface area contributed by atoms with Gasteiger partial charge in [-0.3, -0.25) is 9.69 Å². The van der Waals surface area contributed by atoms with Crippen LogP contribution in [0.5, 0.6) is 11.5 Å². The van der Waals surface area contributed by atoms with Crippen LogP contribution >= 0.6 is 0 Å². The maximum atomic E-state index is 13.3. The zero-order valence-corrected chi connectivity index (χ0v) is 27.5. The molecular formula is C33H38BN5O9. The fourth-order valence-corrected chi connectivity index (χ4v) is 6.38. The lowest BCUT2D eigenvalue weighted by molar-refractivity contribution is -0.131. The van der Waals surface area contributed by atoms with Gasteiger partial charge < -0.3 is 43.5 Å². The zero-order valence-electron chi connectivity index (χ0n) is 27.5. The molecule has 3 amide bonds. The summed E-state index contributed by atoms with van der Waals surface area (Å²) in [6.45, 7) is 8.77. The second-order valence-corrected chi connectivity index (χ2v) is 13.3. The van der Waals surface area contributed by atoms with Gasteiger partial charge in [0.25, 0.3) is 0 Å². The van der Waals surface area contributed by atoms with Crippen molar-refractivity contribution in [2.45, 2.75) is 70.6 Å². The molecule has 48 heavy (non-hydrogen) atoms. The summed E-state index contributed by atoms with van der Waals surface area (Å²) in [6, 6.07) is 11.1. The van der Waals surface area contributed by atoms with Crippen LogP contribution < -0.4 is 20.3 Å². The van der Waals surface area contributed by atoms with Crippen molar-refractivity contribution in [2.75, 3.05) is 27.0 Å². The Labute approximate surface area is 278 Å². The number of imidazole rings is 1. The number of nitrogens with zero attached hydrogens (tertiary/aromatic N) is 3. The van der Waals surface area contributed by atoms with Crippen LogP contribution in [0, 0.1) is 0 Å². The number of rotatable bonds is 6. The average Bonchev–Trinajstić information content (AvgIpc) is 3.89. The van der Waals surface area contributed by atoms with Crippen molar-refractivity contribution in [1.82, 2.24) is 25.1 Å². The van der Waals surface area contributed by atoms with Crippen molar-refractivity contribution in [1.29, 1.82) is 0 Å². The van der Waals surface area contributed by atoms with Crippen LogP contribution in [0.25, 0.3) is 11.3 Å². The summed E-state index contributed by atoms with van der Waals surface area (Å²) < 4.78 is 34.1. The number of nitrogens with one attached hydrogen (secondary N) is 2. The summed E-state index contributed by atoms with van der Waals surface area (Å²) >= 11 is 0. The van der Waals surface area contributed by atoms with Gasteiger partial charge in [-0.2, -0.15) is 0 Å². The molecule has 2 atom stereocenters. The Morgan fingerprint density at radius 3 is 2.52 bits per heavy atom. The predicted octanol–water partition coefficient (Wildman–Crippen LogP) is 3.26. The number of H-pyrrole nitrogens is 1. The first kappa shape index (κ1) is 31.8. The molecule has 3 aromatic rings. The van der Waals surface area contributed by atoms with Crippen LogP contribution in [0.2, 0.25) is 0 Å². The van der Waals surface area contributed by atoms with Crippen molar-refractivity contribution in [3.05, 3.63) is 59.5 Å². The third-order valence-corrected chi connectivity index (χ3v) is 9.79. The van der Waals surface area contributed by atoms with Gasteiger partial charge in [0, 0.05) is 18.5 Å². The number of carbonyl (C=O) groups is 3. The van der Waals surface area contributed by atoms with Crippen molar-refractivity contribution >= 4 is 30.7 Å². The van der Waals surface area contributed by atoms with Crippen molar-refractivity contribution < 1.29 is 42.6 Å². The highest BCUT2D eigenvalue weighted by Gasteiger charge is 2.51. The number of alkyl carbamates (subject to hydrolysis) is 1. The lowest BCUT2D eigenvalue weighted by atomic mass is 9.79. The van der Waals surface area contributed by atoms with Gasteiger partial charge in [0.15, 0.2) is 11.5 Å². The normalized spacial score (nSPS) is 21.7. The number of benzene rings is 2. The second-order valence-electron chi connectivity index (χ2n) is 13.3. The summed E-state index contributed by atoms with van der Waals surface area (Å²) in [4.78, 5) is 49.5. The molecule has 4 aliphatic heterocycles. The van der Waals surface area contributed by atoms with Crippen LogP contribution in [-0.4, -0.2) is 89.3 Å². The van der Waals surface area contributed by atoms with E-state index in [0.29, 0.717) is 36.8 Å². The SMILES string of the molecule is COC(=O)NCC(=O)N1C[C@@H](OC(=O)N2Cc3ccc4c(c3C2)OCO4)C[C@@H]1c1ncc(-c2ccc(B3OC(C)(C)C(C)(C)O3)cc2)[nH]1. The molecule has 2 fully saturated rings. The van der Waals surface area contributed by atoms with E-state index in [4.69, 9.17) is 23.5 Å². The topological polar surface area (TPSA) is 154 Å². The van der Waals surface area contributed by atoms with E-state index in [1.165, 1.54) is 7.11 Å². The predicted molar refractivity (Wildman–Crippen MR) is 171 cm³/mol. The molecule has 2 saturated heterocycles. The van der Waals surface area contributed by atoms with Gasteiger partial charge in [0.2, 0.25) is 12.7 Å². The standard InChI is InChI=1S/C33H38BN5O9/c1-32(2)33(3,4)48-34(47-32)21-9-6-19(7-10-21)24-13-35-29(37-24)25-12-22(16-39(25)27(40)14-36-30(41)43-5)46-31(42)38-15-20-8-11-26-28(23(20)17-38)45-18-44-26/h6-11,13,22,25H,12,14-18H2,1-5H3,(H,35,37)(H,36,41)/t22-,25+/m0/s1. The summed E-state index contributed by atoms with van der Waals surface area (Å²) in [5.74, 6) is 1.49. The minimum Gasteiger partial charge on any atom is -0.454 e.